The summed E-state index contributed by atoms with van der Waals surface area (Å²) < 4.78 is 0.692. The molecule has 3 heteroatoms. The van der Waals surface area contributed by atoms with Crippen LogP contribution < -0.4 is 0 Å². The van der Waals surface area contributed by atoms with Crippen LogP contribution in [0, 0.1) is 0 Å². The van der Waals surface area contributed by atoms with Crippen LogP contribution in [-0.2, 0) is 0 Å². The highest BCUT2D eigenvalue weighted by Crippen LogP contribution is 2.21. The normalized spacial score (nSPS) is 12.1. The first-order valence-electron chi connectivity index (χ1n) is 3.40. The molecule has 0 spiro atoms. The number of halogens is 2. The summed E-state index contributed by atoms with van der Waals surface area (Å²) >= 11 is 12.6. The highest BCUT2D eigenvalue weighted by molar-refractivity contribution is 8.04. The molecule has 0 unspecified atom stereocenters. The molecule has 0 fully saturated rings. The average molecular weight is 199 g/mol. The molecular weight excluding hydrogens is 187 g/mol. The van der Waals surface area contributed by atoms with Crippen molar-refractivity contribution in [2.45, 2.75) is 26.2 Å². The SMILES string of the molecule is CCCCCSC(Cl)=CCl. The minimum Gasteiger partial charge on any atom is -0.113 e. The van der Waals surface area contributed by atoms with E-state index >= 15 is 0 Å². The average Bonchev–Trinajstić information content (AvgIpc) is 1.98. The van der Waals surface area contributed by atoms with E-state index in [0.717, 1.165) is 5.75 Å². The predicted octanol–water partition coefficient (Wildman–Crippen LogP) is 4.19. The Morgan fingerprint density at radius 2 is 2.20 bits per heavy atom. The summed E-state index contributed by atoms with van der Waals surface area (Å²) in [6.45, 7) is 2.18. The van der Waals surface area contributed by atoms with Gasteiger partial charge < -0.3 is 0 Å². The second kappa shape index (κ2) is 7.77. The molecule has 0 nitrogen and oxygen atoms in total. The summed E-state index contributed by atoms with van der Waals surface area (Å²) in [7, 11) is 0. The lowest BCUT2D eigenvalue weighted by atomic mass is 10.3. The van der Waals surface area contributed by atoms with E-state index in [4.69, 9.17) is 23.2 Å². The van der Waals surface area contributed by atoms with Crippen LogP contribution in [0.2, 0.25) is 0 Å². The molecule has 0 aliphatic carbocycles. The van der Waals surface area contributed by atoms with Crippen LogP contribution in [0.15, 0.2) is 9.90 Å². The minimum atomic E-state index is 0.692. The molecule has 60 valence electrons. The van der Waals surface area contributed by atoms with Gasteiger partial charge >= 0.3 is 0 Å². The first-order chi connectivity index (χ1) is 4.81. The monoisotopic (exact) mass is 198 g/mol. The van der Waals surface area contributed by atoms with Gasteiger partial charge in [-0.05, 0) is 12.2 Å². The highest BCUT2D eigenvalue weighted by atomic mass is 35.5. The molecule has 0 radical (unpaired) electrons. The smallest absolute Gasteiger partial charge is 0.0848 e. The lowest BCUT2D eigenvalue weighted by Gasteiger charge is -1.96. The summed E-state index contributed by atoms with van der Waals surface area (Å²) in [4.78, 5) is 0. The van der Waals surface area contributed by atoms with Crippen molar-refractivity contribution >= 4 is 35.0 Å². The van der Waals surface area contributed by atoms with Gasteiger partial charge in [0, 0.05) is 5.54 Å². The standard InChI is InChI=1S/C7H12Cl2S/c1-2-3-4-5-10-7(9)6-8/h6H,2-5H2,1H3. The maximum absolute atomic E-state index is 5.64. The fourth-order valence-electron chi connectivity index (χ4n) is 0.553. The van der Waals surface area contributed by atoms with Crippen molar-refractivity contribution in [3.8, 4) is 0 Å². The molecule has 0 aromatic rings. The van der Waals surface area contributed by atoms with Gasteiger partial charge in [-0.2, -0.15) is 0 Å². The van der Waals surface area contributed by atoms with Gasteiger partial charge in [0.05, 0.1) is 4.36 Å². The van der Waals surface area contributed by atoms with Crippen molar-refractivity contribution in [1.82, 2.24) is 0 Å². The Kier molecular flexibility index (Phi) is 8.29. The largest absolute Gasteiger partial charge is 0.113 e. The van der Waals surface area contributed by atoms with Gasteiger partial charge in [-0.1, -0.05) is 43.0 Å². The van der Waals surface area contributed by atoms with Crippen molar-refractivity contribution in [2.24, 2.45) is 0 Å². The predicted molar refractivity (Wildman–Crippen MR) is 51.8 cm³/mol. The van der Waals surface area contributed by atoms with Crippen molar-refractivity contribution < 1.29 is 0 Å². The molecule has 0 saturated carbocycles. The van der Waals surface area contributed by atoms with Crippen LogP contribution >= 0.6 is 35.0 Å². The van der Waals surface area contributed by atoms with Crippen LogP contribution in [0.25, 0.3) is 0 Å². The quantitative estimate of drug-likeness (QED) is 0.598. The second-order valence-electron chi connectivity index (χ2n) is 1.97. The number of unbranched alkanes of at least 4 members (excludes halogenated alkanes) is 2. The summed E-state index contributed by atoms with van der Waals surface area (Å²) in [5.74, 6) is 1.08. The van der Waals surface area contributed by atoms with Gasteiger partial charge in [-0.3, -0.25) is 0 Å². The lowest BCUT2D eigenvalue weighted by molar-refractivity contribution is 0.779. The highest BCUT2D eigenvalue weighted by Gasteiger charge is 1.91. The molecular formula is C7H12Cl2S. The molecule has 10 heavy (non-hydrogen) atoms. The first kappa shape index (κ1) is 10.7. The van der Waals surface area contributed by atoms with E-state index in [1.807, 2.05) is 0 Å². The van der Waals surface area contributed by atoms with Gasteiger partial charge in [0.15, 0.2) is 0 Å². The topological polar surface area (TPSA) is 0 Å². The third-order valence-electron chi connectivity index (χ3n) is 1.07. The Morgan fingerprint density at radius 3 is 2.70 bits per heavy atom. The van der Waals surface area contributed by atoms with Crippen molar-refractivity contribution in [3.63, 3.8) is 0 Å². The third kappa shape index (κ3) is 6.79. The van der Waals surface area contributed by atoms with E-state index in [1.54, 1.807) is 11.8 Å². The molecule has 0 atom stereocenters. The van der Waals surface area contributed by atoms with Gasteiger partial charge in [0.2, 0.25) is 0 Å². The Bertz CT molecular complexity index is 102. The lowest BCUT2D eigenvalue weighted by Crippen LogP contribution is -1.77. The van der Waals surface area contributed by atoms with Crippen LogP contribution in [0.4, 0.5) is 0 Å². The molecule has 0 aliphatic rings. The van der Waals surface area contributed by atoms with Gasteiger partial charge in [0.1, 0.15) is 0 Å². The third-order valence-corrected chi connectivity index (χ3v) is 2.86. The van der Waals surface area contributed by atoms with Gasteiger partial charge in [-0.25, -0.2) is 0 Å². The van der Waals surface area contributed by atoms with Crippen LogP contribution in [0.5, 0.6) is 0 Å². The summed E-state index contributed by atoms with van der Waals surface area (Å²) in [5, 5.41) is 0. The molecule has 0 N–H and O–H groups in total. The van der Waals surface area contributed by atoms with Gasteiger partial charge in [-0.15, -0.1) is 11.8 Å². The number of hydrogen-bond donors (Lipinski definition) is 0. The Balaban J connectivity index is 3.04. The minimum absolute atomic E-state index is 0.692. The number of hydrogen-bond acceptors (Lipinski definition) is 1. The zero-order valence-electron chi connectivity index (χ0n) is 6.07. The Morgan fingerprint density at radius 1 is 1.50 bits per heavy atom. The van der Waals surface area contributed by atoms with E-state index in [1.165, 1.54) is 24.8 Å². The zero-order valence-corrected chi connectivity index (χ0v) is 8.40. The van der Waals surface area contributed by atoms with Crippen LogP contribution in [0.3, 0.4) is 0 Å². The van der Waals surface area contributed by atoms with Crippen molar-refractivity contribution in [2.75, 3.05) is 5.75 Å². The molecule has 0 aromatic heterocycles. The van der Waals surface area contributed by atoms with Gasteiger partial charge in [0.25, 0.3) is 0 Å². The van der Waals surface area contributed by atoms with Crippen LogP contribution in [0.1, 0.15) is 26.2 Å². The van der Waals surface area contributed by atoms with Crippen LogP contribution in [-0.4, -0.2) is 5.75 Å². The van der Waals surface area contributed by atoms with E-state index in [0.29, 0.717) is 4.36 Å². The first-order valence-corrected chi connectivity index (χ1v) is 5.20. The molecule has 0 saturated heterocycles. The Labute approximate surface area is 77.0 Å². The fraction of sp³-hybridized carbons (Fsp3) is 0.714. The molecule has 0 heterocycles. The summed E-state index contributed by atoms with van der Waals surface area (Å²) in [6.07, 6.45) is 3.75. The molecule has 0 aromatic carbocycles. The second-order valence-corrected chi connectivity index (χ2v) is 3.96. The molecule has 0 aliphatic heterocycles. The molecule has 0 amide bonds. The number of rotatable bonds is 5. The Hall–Kier alpha value is 0.670. The van der Waals surface area contributed by atoms with E-state index in [9.17, 15) is 0 Å². The maximum atomic E-state index is 5.64. The number of thioether (sulfide) groups is 1. The van der Waals surface area contributed by atoms with Crippen molar-refractivity contribution in [1.29, 1.82) is 0 Å². The van der Waals surface area contributed by atoms with E-state index in [-0.39, 0.29) is 0 Å². The fourth-order valence-corrected chi connectivity index (χ4v) is 1.58. The summed E-state index contributed by atoms with van der Waals surface area (Å²) in [6, 6.07) is 0. The molecule has 0 bridgehead atoms. The summed E-state index contributed by atoms with van der Waals surface area (Å²) in [5.41, 5.74) is 1.41. The maximum Gasteiger partial charge on any atom is 0.0848 e. The van der Waals surface area contributed by atoms with E-state index in [2.05, 4.69) is 6.92 Å². The molecule has 0 rings (SSSR count). The zero-order chi connectivity index (χ0) is 7.82. The van der Waals surface area contributed by atoms with Crippen molar-refractivity contribution in [3.05, 3.63) is 9.90 Å². The van der Waals surface area contributed by atoms with E-state index < -0.39 is 0 Å².